The summed E-state index contributed by atoms with van der Waals surface area (Å²) in [5.41, 5.74) is 29.9. The van der Waals surface area contributed by atoms with Crippen molar-refractivity contribution in [3.05, 3.63) is 230 Å². The van der Waals surface area contributed by atoms with Crippen LogP contribution >= 0.6 is 72.1 Å². The monoisotopic (exact) mass is 1890 g/mol. The third-order valence-corrected chi connectivity index (χ3v) is 27.2. The molecule has 8 aromatic heterocycles. The highest BCUT2D eigenvalue weighted by atomic mass is 35.5. The molecule has 133 heavy (non-hydrogen) atoms. The van der Waals surface area contributed by atoms with Crippen LogP contribution < -0.4 is 47.4 Å². The molecule has 4 aromatic carbocycles. The van der Waals surface area contributed by atoms with E-state index < -0.39 is 0 Å². The van der Waals surface area contributed by atoms with Gasteiger partial charge in [-0.1, -0.05) is 117 Å². The van der Waals surface area contributed by atoms with Crippen LogP contribution in [0, 0.1) is 52.9 Å². The molecule has 25 nitrogen and oxygen atoms in total. The Hall–Kier alpha value is -11.2. The van der Waals surface area contributed by atoms with Crippen molar-refractivity contribution in [2.45, 2.75) is 152 Å². The summed E-state index contributed by atoms with van der Waals surface area (Å²) in [7, 11) is 8.60. The molecule has 31 heteroatoms. The minimum atomic E-state index is 0.179. The van der Waals surface area contributed by atoms with Gasteiger partial charge in [-0.05, 0) is 273 Å². The summed E-state index contributed by atoms with van der Waals surface area (Å²) >= 11 is 34.5. The third kappa shape index (κ3) is 23.6. The lowest BCUT2D eigenvalue weighted by atomic mass is 9.71. The molecule has 0 radical (unpaired) electrons. The van der Waals surface area contributed by atoms with Gasteiger partial charge in [-0.2, -0.15) is 0 Å². The first-order valence-electron chi connectivity index (χ1n) is 45.8. The molecule has 15 heterocycles. The first kappa shape index (κ1) is 95.0. The Bertz CT molecular complexity index is 6380. The van der Waals surface area contributed by atoms with Crippen LogP contribution in [0.5, 0.6) is 0 Å². The van der Waals surface area contributed by atoms with E-state index in [1.807, 2.05) is 101 Å². The van der Waals surface area contributed by atoms with Gasteiger partial charge in [-0.25, -0.2) is 39.9 Å². The molecule has 0 spiro atoms. The number of fused-ring (bicyclic) bond motifs is 12. The summed E-state index contributed by atoms with van der Waals surface area (Å²) in [6, 6.07) is 37.3. The summed E-state index contributed by atoms with van der Waals surface area (Å²) in [6.07, 6.45) is 21.9. The Balaban J connectivity index is 0.000000129. The number of aromatic nitrogens is 12. The van der Waals surface area contributed by atoms with Crippen LogP contribution in [-0.4, -0.2) is 192 Å². The lowest BCUT2D eigenvalue weighted by Crippen LogP contribution is -2.51. The zero-order valence-corrected chi connectivity index (χ0v) is 83.0. The Morgan fingerprint density at radius 2 is 0.872 bits per heavy atom. The highest BCUT2D eigenvalue weighted by molar-refractivity contribution is 7.81. The minimum Gasteiger partial charge on any atom is -0.367 e. The number of halogens is 2. The van der Waals surface area contributed by atoms with Crippen molar-refractivity contribution in [3.63, 3.8) is 0 Å². The van der Waals surface area contributed by atoms with Crippen molar-refractivity contribution in [1.82, 2.24) is 79.4 Å². The smallest absolute Gasteiger partial charge is 0.227 e. The zero-order valence-electron chi connectivity index (χ0n) is 78.2. The highest BCUT2D eigenvalue weighted by Crippen LogP contribution is 2.45. The van der Waals surface area contributed by atoms with Crippen LogP contribution in [-0.2, 0) is 38.5 Å². The summed E-state index contributed by atoms with van der Waals surface area (Å²) < 4.78 is 0. The zero-order chi connectivity index (χ0) is 93.5. The number of hydrogen-bond acceptors (Lipinski definition) is 25. The molecule has 0 amide bonds. The summed E-state index contributed by atoms with van der Waals surface area (Å²) in [4.78, 5) is 71.8. The number of rotatable bonds is 18. The topological polar surface area (TPSA) is 267 Å². The van der Waals surface area contributed by atoms with Crippen molar-refractivity contribution in [1.29, 1.82) is 0 Å². The molecule has 7 aliphatic heterocycles. The van der Waals surface area contributed by atoms with E-state index in [0.717, 1.165) is 250 Å². The molecular formula is C102H117Cl2N25S4. The van der Waals surface area contributed by atoms with Gasteiger partial charge in [0.2, 0.25) is 23.8 Å². The van der Waals surface area contributed by atoms with E-state index in [9.17, 15) is 0 Å². The van der Waals surface area contributed by atoms with Crippen molar-refractivity contribution in [2.75, 3.05) is 135 Å². The average molecular weight is 1890 g/mol. The molecule has 3 saturated heterocycles. The van der Waals surface area contributed by atoms with E-state index >= 15 is 0 Å². The highest BCUT2D eigenvalue weighted by Gasteiger charge is 2.37. The molecule has 7 aliphatic rings. The van der Waals surface area contributed by atoms with E-state index in [2.05, 4.69) is 234 Å². The van der Waals surface area contributed by atoms with E-state index in [0.29, 0.717) is 71.5 Å². The van der Waals surface area contributed by atoms with Crippen LogP contribution in [0.3, 0.4) is 0 Å². The van der Waals surface area contributed by atoms with Crippen molar-refractivity contribution < 1.29 is 0 Å². The second kappa shape index (κ2) is 42.1. The van der Waals surface area contributed by atoms with Gasteiger partial charge in [-0.3, -0.25) is 24.8 Å². The normalized spacial score (nSPS) is 16.8. The van der Waals surface area contributed by atoms with Gasteiger partial charge in [-0.15, -0.1) is 0 Å². The third-order valence-electron chi connectivity index (χ3n) is 25.8. The second-order valence-electron chi connectivity index (χ2n) is 36.9. The number of pyridine rings is 4. The number of hydrogen-bond donors (Lipinski definition) is 8. The molecule has 1 unspecified atom stereocenters. The fourth-order valence-electron chi connectivity index (χ4n) is 18.5. The van der Waals surface area contributed by atoms with Gasteiger partial charge in [0.15, 0.2) is 0 Å². The predicted octanol–water partition coefficient (Wildman–Crippen LogP) is 21.2. The molecule has 0 bridgehead atoms. The SMILES string of the molecule is CCN1CCN(c2cnc(C)c(Nc3ncc4c(n3)-c3ccc(Cl)cc3NC(=S)C4)c2)C[C@@H]1C.Cc1ccc2c(c1)NC(=S)Cc1cnc(Nc3ccc(CCC4CCN(C)CC4)nc3C)nc1-2.Cc1ccc2c(c1)NC(=S)Cc1cnc(Nc3ccc(CCCN(C)C)nc3C)nc1-2.Cc1ncc(C2CCN(C)CC2(C)C)cc1Nc1ncc2c(n1)-c1ccc(Cl)cc1NC(=S)C2. The molecule has 2 atom stereocenters. The lowest BCUT2D eigenvalue weighted by Gasteiger charge is -2.43. The van der Waals surface area contributed by atoms with E-state index in [-0.39, 0.29) is 5.41 Å². The average Bonchev–Trinajstić information content (AvgIpc) is 0.978. The van der Waals surface area contributed by atoms with Gasteiger partial charge in [0.05, 0.1) is 100 Å². The number of aryl methyl sites for hydroxylation is 8. The standard InChI is InChI=1S/C27H32N6S.C26H29ClN6S.C25H28ClN7S.C24H28N6S/c1-17-4-8-22-24(14-17)30-25(34)15-20-16-28-27(32-26(20)22)31-23-9-7-21(29-18(23)2)6-5-19-10-12-33(3)13-11-19;1-15-21(9-16(12-28-15)20-7-8-33(4)14-26(20,2)3)31-25-29-13-17-10-23(34)30-22-11-18(27)5-6-19(22)24(17)32-25;1-4-32-7-8-33(14-15(32)2)19-11-21(16(3)27-13-19)30-25-28-12-17-9-23(34)29-22-10-18(26)5-6-20(22)24(17)31-25;1-15-7-9-19-21(12-15)27-22(31)13-17-14-25-24(29-23(17)19)28-20-10-8-18(26-16(20)2)6-5-11-30(3)4/h4,7-9,14,16,19H,5-6,10-13,15H2,1-3H3,(H,30,34)(H,28,31,32);5-6,9,11-13,20H,7-8,10,14H2,1-4H3,(H,30,34)(H,29,31,32);5-6,10-13,15H,4,7-9,14H2,1-3H3,(H,29,34)(H,28,30,31);7-10,12,14H,5-6,11,13H2,1-4H3,(H,27,31)(H,25,28,29)/t;;15-;/m..0./s1. The summed E-state index contributed by atoms with van der Waals surface area (Å²) in [6.45, 7) is 31.2. The Morgan fingerprint density at radius 3 is 1.31 bits per heavy atom. The van der Waals surface area contributed by atoms with Gasteiger partial charge < -0.3 is 62.1 Å². The molecule has 19 rings (SSSR count). The molecule has 0 saturated carbocycles. The van der Waals surface area contributed by atoms with E-state index in [1.54, 1.807) is 0 Å². The predicted molar refractivity (Wildman–Crippen MR) is 561 cm³/mol. The molecule has 688 valence electrons. The van der Waals surface area contributed by atoms with Crippen molar-refractivity contribution in [2.24, 2.45) is 11.3 Å². The number of likely N-dealkylation sites (tertiary alicyclic amines) is 2. The fraction of sp³-hybridized carbons (Fsp3) is 0.373. The van der Waals surface area contributed by atoms with Crippen LogP contribution in [0.2, 0.25) is 10.0 Å². The van der Waals surface area contributed by atoms with Gasteiger partial charge in [0.1, 0.15) is 0 Å². The Morgan fingerprint density at radius 1 is 0.451 bits per heavy atom. The van der Waals surface area contributed by atoms with Crippen LogP contribution in [0.4, 0.5) is 75.0 Å². The number of anilines is 13. The Kier molecular flexibility index (Phi) is 30.1. The number of benzene rings is 4. The fourth-order valence-corrected chi connectivity index (χ4v) is 19.9. The number of nitrogens with zero attached hydrogens (tertiary/aromatic N) is 17. The summed E-state index contributed by atoms with van der Waals surface area (Å²) in [5, 5.41) is 28.2. The minimum absolute atomic E-state index is 0.179. The maximum atomic E-state index is 6.23. The van der Waals surface area contributed by atoms with Crippen LogP contribution in [0.25, 0.3) is 45.0 Å². The van der Waals surface area contributed by atoms with E-state index in [1.165, 1.54) is 49.0 Å². The summed E-state index contributed by atoms with van der Waals surface area (Å²) in [5.74, 6) is 3.47. The maximum absolute atomic E-state index is 6.23. The van der Waals surface area contributed by atoms with Crippen molar-refractivity contribution in [3.8, 4) is 45.0 Å². The number of nitrogens with one attached hydrogen (secondary N) is 8. The van der Waals surface area contributed by atoms with Gasteiger partial charge >= 0.3 is 0 Å². The lowest BCUT2D eigenvalue weighted by molar-refractivity contribution is 0.114. The van der Waals surface area contributed by atoms with Gasteiger partial charge in [0.25, 0.3) is 0 Å². The van der Waals surface area contributed by atoms with Crippen LogP contribution in [0.1, 0.15) is 139 Å². The number of piperidine rings is 2. The maximum Gasteiger partial charge on any atom is 0.227 e. The van der Waals surface area contributed by atoms with Gasteiger partial charge in [0, 0.05) is 178 Å². The first-order valence-corrected chi connectivity index (χ1v) is 48.2. The molecule has 8 N–H and O–H groups in total. The first-order chi connectivity index (χ1) is 63.9. The molecular weight excluding hydrogens is 1770 g/mol. The quantitative estimate of drug-likeness (QED) is 0.0371. The molecule has 3 fully saturated rings. The van der Waals surface area contributed by atoms with Crippen LogP contribution in [0.15, 0.2) is 146 Å². The van der Waals surface area contributed by atoms with Crippen molar-refractivity contribution >= 4 is 167 Å². The Labute approximate surface area is 812 Å². The van der Waals surface area contributed by atoms with E-state index in [4.69, 9.17) is 107 Å². The largest absolute Gasteiger partial charge is 0.367 e. The molecule has 0 aliphatic carbocycles. The number of likely N-dealkylation sites (N-methyl/N-ethyl adjacent to an activating group) is 1. The number of thiocarbonyl (C=S) groups is 4. The number of piperazine rings is 1. The molecule has 12 aromatic rings. The second-order valence-corrected chi connectivity index (χ2v) is 39.8.